The molecule has 32 heavy (non-hydrogen) atoms. The molecular formula is C24H22N4O3S. The number of carbonyl (C=O) groups is 1. The van der Waals surface area contributed by atoms with E-state index in [0.29, 0.717) is 17.1 Å². The van der Waals surface area contributed by atoms with Crippen molar-refractivity contribution < 1.29 is 13.2 Å². The third kappa shape index (κ3) is 4.55. The maximum atomic E-state index is 12.8. The largest absolute Gasteiger partial charge is 0.305 e. The highest BCUT2D eigenvalue weighted by Crippen LogP contribution is 2.22. The lowest BCUT2D eigenvalue weighted by atomic mass is 10.1. The van der Waals surface area contributed by atoms with Crippen LogP contribution in [0.5, 0.6) is 0 Å². The second kappa shape index (κ2) is 8.68. The lowest BCUT2D eigenvalue weighted by molar-refractivity contribution is 0.102. The van der Waals surface area contributed by atoms with Crippen LogP contribution in [0.25, 0.3) is 5.69 Å². The van der Waals surface area contributed by atoms with Gasteiger partial charge in [0.2, 0.25) is 0 Å². The quantitative estimate of drug-likeness (QED) is 0.455. The van der Waals surface area contributed by atoms with E-state index in [-0.39, 0.29) is 10.8 Å². The van der Waals surface area contributed by atoms with E-state index in [2.05, 4.69) is 15.1 Å². The molecule has 0 bridgehead atoms. The minimum atomic E-state index is -3.78. The lowest BCUT2D eigenvalue weighted by Crippen LogP contribution is -2.15. The van der Waals surface area contributed by atoms with Gasteiger partial charge in [-0.3, -0.25) is 9.52 Å². The first-order valence-corrected chi connectivity index (χ1v) is 11.4. The minimum absolute atomic E-state index is 0.0725. The van der Waals surface area contributed by atoms with E-state index in [1.54, 1.807) is 29.1 Å². The number of aromatic nitrogens is 2. The average molecular weight is 447 g/mol. The molecule has 0 unspecified atom stereocenters. The van der Waals surface area contributed by atoms with Crippen LogP contribution in [0, 0.1) is 13.8 Å². The van der Waals surface area contributed by atoms with E-state index in [0.717, 1.165) is 16.8 Å². The first-order valence-electron chi connectivity index (χ1n) is 9.95. The maximum absolute atomic E-state index is 12.8. The fraction of sp³-hybridized carbons (Fsp3) is 0.0833. The number of hydrogen-bond acceptors (Lipinski definition) is 4. The summed E-state index contributed by atoms with van der Waals surface area (Å²) < 4.78 is 29.8. The Hall–Kier alpha value is -3.91. The van der Waals surface area contributed by atoms with Crippen molar-refractivity contribution in [3.63, 3.8) is 0 Å². The van der Waals surface area contributed by atoms with Gasteiger partial charge in [-0.25, -0.2) is 13.1 Å². The van der Waals surface area contributed by atoms with Crippen molar-refractivity contribution in [2.24, 2.45) is 0 Å². The molecule has 1 aromatic heterocycles. The van der Waals surface area contributed by atoms with Gasteiger partial charge in [0, 0.05) is 17.8 Å². The monoisotopic (exact) mass is 446 g/mol. The number of para-hydroxylation sites is 1. The van der Waals surface area contributed by atoms with Crippen LogP contribution >= 0.6 is 0 Å². The summed E-state index contributed by atoms with van der Waals surface area (Å²) in [5, 5.41) is 7.07. The van der Waals surface area contributed by atoms with E-state index < -0.39 is 10.0 Å². The highest BCUT2D eigenvalue weighted by molar-refractivity contribution is 7.92. The molecule has 0 aliphatic heterocycles. The number of amides is 1. The van der Waals surface area contributed by atoms with Crippen LogP contribution < -0.4 is 10.0 Å². The van der Waals surface area contributed by atoms with Gasteiger partial charge in [-0.05, 0) is 67.4 Å². The molecule has 1 heterocycles. The molecule has 0 aliphatic rings. The molecule has 0 fully saturated rings. The van der Waals surface area contributed by atoms with Crippen molar-refractivity contribution >= 4 is 27.4 Å². The van der Waals surface area contributed by atoms with Gasteiger partial charge in [0.25, 0.3) is 15.9 Å². The zero-order valence-corrected chi connectivity index (χ0v) is 18.4. The Morgan fingerprint density at radius 2 is 1.59 bits per heavy atom. The van der Waals surface area contributed by atoms with Gasteiger partial charge in [-0.15, -0.1) is 0 Å². The van der Waals surface area contributed by atoms with Crippen molar-refractivity contribution in [2.45, 2.75) is 18.7 Å². The van der Waals surface area contributed by atoms with Gasteiger partial charge in [0.15, 0.2) is 5.82 Å². The molecule has 162 valence electrons. The number of anilines is 2. The lowest BCUT2D eigenvalue weighted by Gasteiger charge is -2.12. The summed E-state index contributed by atoms with van der Waals surface area (Å²) in [7, 11) is -3.78. The predicted molar refractivity (Wildman–Crippen MR) is 125 cm³/mol. The summed E-state index contributed by atoms with van der Waals surface area (Å²) in [6, 6.07) is 22.4. The first kappa shape index (κ1) is 21.3. The first-order chi connectivity index (χ1) is 15.3. The zero-order chi connectivity index (χ0) is 22.7. The molecule has 0 saturated carbocycles. The molecule has 0 aliphatic carbocycles. The highest BCUT2D eigenvalue weighted by atomic mass is 32.2. The van der Waals surface area contributed by atoms with Gasteiger partial charge in [0.1, 0.15) is 0 Å². The Morgan fingerprint density at radius 3 is 2.31 bits per heavy atom. The molecule has 2 N–H and O–H groups in total. The van der Waals surface area contributed by atoms with Crippen LogP contribution in [0.4, 0.5) is 11.5 Å². The van der Waals surface area contributed by atoms with E-state index >= 15 is 0 Å². The third-order valence-corrected chi connectivity index (χ3v) is 6.51. The molecule has 8 heteroatoms. The summed E-state index contributed by atoms with van der Waals surface area (Å²) in [6.45, 7) is 3.78. The second-order valence-electron chi connectivity index (χ2n) is 7.31. The number of benzene rings is 3. The Bertz CT molecular complexity index is 1360. The Balaban J connectivity index is 1.47. The van der Waals surface area contributed by atoms with Gasteiger partial charge in [0.05, 0.1) is 16.3 Å². The summed E-state index contributed by atoms with van der Waals surface area (Å²) in [4.78, 5) is 12.6. The van der Waals surface area contributed by atoms with E-state index in [1.807, 2.05) is 50.2 Å². The van der Waals surface area contributed by atoms with Crippen LogP contribution in [0.2, 0.25) is 0 Å². The second-order valence-corrected chi connectivity index (χ2v) is 8.99. The molecule has 7 nitrogen and oxygen atoms in total. The van der Waals surface area contributed by atoms with Crippen molar-refractivity contribution in [2.75, 3.05) is 10.0 Å². The maximum Gasteiger partial charge on any atom is 0.261 e. The third-order valence-electron chi connectivity index (χ3n) is 5.13. The smallest absolute Gasteiger partial charge is 0.261 e. The molecule has 0 saturated heterocycles. The minimum Gasteiger partial charge on any atom is -0.305 e. The SMILES string of the molecule is Cc1cccc(NS(=O)(=O)c2ccc(C(=O)Nc3ccn(-c4ccccc4)n3)cc2)c1C. The fourth-order valence-electron chi connectivity index (χ4n) is 3.15. The fourth-order valence-corrected chi connectivity index (χ4v) is 4.28. The highest BCUT2D eigenvalue weighted by Gasteiger charge is 2.17. The molecule has 1 amide bonds. The Morgan fingerprint density at radius 1 is 0.875 bits per heavy atom. The summed E-state index contributed by atoms with van der Waals surface area (Å²) >= 11 is 0. The Kier molecular flexibility index (Phi) is 5.79. The van der Waals surface area contributed by atoms with E-state index in [1.165, 1.54) is 24.3 Å². The number of carbonyl (C=O) groups excluding carboxylic acids is 1. The number of hydrogen-bond donors (Lipinski definition) is 2. The molecule has 3 aromatic carbocycles. The number of aryl methyl sites for hydroxylation is 1. The topological polar surface area (TPSA) is 93.1 Å². The van der Waals surface area contributed by atoms with E-state index in [9.17, 15) is 13.2 Å². The van der Waals surface area contributed by atoms with Crippen LogP contribution in [0.3, 0.4) is 0 Å². The number of sulfonamides is 1. The average Bonchev–Trinajstić information content (AvgIpc) is 3.26. The summed E-state index contributed by atoms with van der Waals surface area (Å²) in [5.41, 5.74) is 3.58. The standard InChI is InChI=1S/C24H22N4O3S/c1-17-7-6-10-22(18(17)2)27-32(30,31)21-13-11-19(12-14-21)24(29)25-23-15-16-28(26-23)20-8-4-3-5-9-20/h3-16,27H,1-2H3,(H,25,26,29). The molecule has 0 radical (unpaired) electrons. The van der Waals surface area contributed by atoms with Crippen LogP contribution in [-0.2, 0) is 10.0 Å². The number of nitrogens with one attached hydrogen (secondary N) is 2. The van der Waals surface area contributed by atoms with Crippen molar-refractivity contribution in [1.82, 2.24) is 9.78 Å². The number of nitrogens with zero attached hydrogens (tertiary/aromatic N) is 2. The molecule has 4 aromatic rings. The van der Waals surface area contributed by atoms with Crippen LogP contribution in [0.15, 0.2) is 90.0 Å². The van der Waals surface area contributed by atoms with Crippen molar-refractivity contribution in [1.29, 1.82) is 0 Å². The normalized spacial score (nSPS) is 11.2. The van der Waals surface area contributed by atoms with Gasteiger partial charge in [-0.1, -0.05) is 30.3 Å². The number of rotatable bonds is 6. The molecule has 0 atom stereocenters. The molecule has 4 rings (SSSR count). The van der Waals surface area contributed by atoms with Gasteiger partial charge < -0.3 is 5.32 Å². The molecular weight excluding hydrogens is 424 g/mol. The van der Waals surface area contributed by atoms with E-state index in [4.69, 9.17) is 0 Å². The molecule has 0 spiro atoms. The van der Waals surface area contributed by atoms with Crippen molar-refractivity contribution in [3.8, 4) is 5.69 Å². The summed E-state index contributed by atoms with van der Waals surface area (Å²) in [5.74, 6) is 0.0156. The predicted octanol–water partition coefficient (Wildman–Crippen LogP) is 4.54. The van der Waals surface area contributed by atoms with Crippen LogP contribution in [0.1, 0.15) is 21.5 Å². The summed E-state index contributed by atoms with van der Waals surface area (Å²) in [6.07, 6.45) is 1.75. The van der Waals surface area contributed by atoms with Gasteiger partial charge >= 0.3 is 0 Å². The van der Waals surface area contributed by atoms with Crippen molar-refractivity contribution in [3.05, 3.63) is 102 Å². The van der Waals surface area contributed by atoms with Crippen LogP contribution in [-0.4, -0.2) is 24.1 Å². The van der Waals surface area contributed by atoms with Gasteiger partial charge in [-0.2, -0.15) is 5.10 Å². The Labute approximate surface area is 186 Å². The zero-order valence-electron chi connectivity index (χ0n) is 17.6.